The molecule has 1 unspecified atom stereocenters. The van der Waals surface area contributed by atoms with Crippen molar-refractivity contribution in [1.82, 2.24) is 4.90 Å². The maximum Gasteiger partial charge on any atom is 0.295 e. The molecule has 170 valence electrons. The molecule has 6 nitrogen and oxygen atoms in total. The predicted molar refractivity (Wildman–Crippen MR) is 124 cm³/mol. The fourth-order valence-corrected chi connectivity index (χ4v) is 3.82. The quantitative estimate of drug-likeness (QED) is 0.351. The molecule has 0 aromatic heterocycles. The van der Waals surface area contributed by atoms with E-state index < -0.39 is 17.7 Å². The number of hydrogen-bond donors (Lipinski definition) is 1. The van der Waals surface area contributed by atoms with Crippen LogP contribution in [0.1, 0.15) is 55.8 Å². The molecule has 0 bridgehead atoms. The zero-order valence-corrected chi connectivity index (χ0v) is 19.1. The van der Waals surface area contributed by atoms with E-state index in [1.165, 1.54) is 4.90 Å². The van der Waals surface area contributed by atoms with E-state index in [0.717, 1.165) is 17.5 Å². The summed E-state index contributed by atoms with van der Waals surface area (Å²) in [5.74, 6) is -0.586. The van der Waals surface area contributed by atoms with E-state index in [0.29, 0.717) is 23.8 Å². The second-order valence-electron chi connectivity index (χ2n) is 8.18. The Kier molecular flexibility index (Phi) is 7.70. The molecule has 1 fully saturated rings. The maximum absolute atomic E-state index is 13.0. The molecule has 1 heterocycles. The van der Waals surface area contributed by atoms with Gasteiger partial charge in [0, 0.05) is 19.2 Å². The van der Waals surface area contributed by atoms with Crippen LogP contribution in [-0.2, 0) is 14.3 Å². The zero-order chi connectivity index (χ0) is 23.3. The molecule has 1 atom stereocenters. The van der Waals surface area contributed by atoms with Crippen LogP contribution in [0.3, 0.4) is 0 Å². The molecule has 6 heteroatoms. The van der Waals surface area contributed by atoms with Gasteiger partial charge in [-0.2, -0.15) is 0 Å². The van der Waals surface area contributed by atoms with Crippen LogP contribution < -0.4 is 4.74 Å². The molecule has 32 heavy (non-hydrogen) atoms. The number of aliphatic hydroxyl groups is 1. The van der Waals surface area contributed by atoms with Gasteiger partial charge in [-0.3, -0.25) is 9.59 Å². The molecule has 3 rings (SSSR count). The number of methoxy groups -OCH3 is 1. The average Bonchev–Trinajstić information content (AvgIpc) is 3.05. The summed E-state index contributed by atoms with van der Waals surface area (Å²) in [6.45, 7) is 7.30. The van der Waals surface area contributed by atoms with Gasteiger partial charge >= 0.3 is 0 Å². The SMILES string of the molecule is CCCOc1cccc(/C(O)=C2/C(=O)C(=O)N(CCOC)C2c2ccc(C(C)C)cc2)c1. The predicted octanol–water partition coefficient (Wildman–Crippen LogP) is 4.67. The summed E-state index contributed by atoms with van der Waals surface area (Å²) in [5.41, 5.74) is 2.44. The van der Waals surface area contributed by atoms with Crippen LogP contribution >= 0.6 is 0 Å². The molecule has 0 aliphatic carbocycles. The number of rotatable bonds is 9. The molecule has 2 aromatic rings. The molecule has 0 radical (unpaired) electrons. The number of nitrogens with zero attached hydrogens (tertiary/aromatic N) is 1. The van der Waals surface area contributed by atoms with Crippen molar-refractivity contribution in [3.8, 4) is 5.75 Å². The first-order chi connectivity index (χ1) is 15.4. The van der Waals surface area contributed by atoms with Crippen molar-refractivity contribution >= 4 is 17.4 Å². The van der Waals surface area contributed by atoms with E-state index in [-0.39, 0.29) is 24.5 Å². The van der Waals surface area contributed by atoms with Crippen LogP contribution in [0.15, 0.2) is 54.1 Å². The number of Topliss-reactive ketones (excluding diaryl/α,β-unsaturated/α-hetero) is 1. The monoisotopic (exact) mass is 437 g/mol. The Hall–Kier alpha value is -3.12. The van der Waals surface area contributed by atoms with E-state index in [4.69, 9.17) is 9.47 Å². The summed E-state index contributed by atoms with van der Waals surface area (Å²) in [6, 6.07) is 14.1. The highest BCUT2D eigenvalue weighted by atomic mass is 16.5. The number of carbonyl (C=O) groups excluding carboxylic acids is 2. The Bertz CT molecular complexity index is 994. The Morgan fingerprint density at radius 2 is 1.81 bits per heavy atom. The summed E-state index contributed by atoms with van der Waals surface area (Å²) >= 11 is 0. The van der Waals surface area contributed by atoms with Crippen LogP contribution in [0, 0.1) is 0 Å². The second-order valence-corrected chi connectivity index (χ2v) is 8.18. The van der Waals surface area contributed by atoms with Gasteiger partial charge in [0.15, 0.2) is 0 Å². The topological polar surface area (TPSA) is 76.1 Å². The second kappa shape index (κ2) is 10.5. The lowest BCUT2D eigenvalue weighted by molar-refractivity contribution is -0.140. The third kappa shape index (κ3) is 4.86. The van der Waals surface area contributed by atoms with Gasteiger partial charge in [0.2, 0.25) is 0 Å². The van der Waals surface area contributed by atoms with Crippen molar-refractivity contribution < 1.29 is 24.2 Å². The van der Waals surface area contributed by atoms with E-state index in [2.05, 4.69) is 13.8 Å². The molecular formula is C26H31NO5. The van der Waals surface area contributed by atoms with E-state index >= 15 is 0 Å². The summed E-state index contributed by atoms with van der Waals surface area (Å²) in [6.07, 6.45) is 0.854. The lowest BCUT2D eigenvalue weighted by atomic mass is 9.93. The normalized spacial score (nSPS) is 17.9. The van der Waals surface area contributed by atoms with Crippen LogP contribution in [0.4, 0.5) is 0 Å². The van der Waals surface area contributed by atoms with Crippen molar-refractivity contribution in [3.63, 3.8) is 0 Å². The largest absolute Gasteiger partial charge is 0.507 e. The molecule has 0 saturated carbocycles. The molecular weight excluding hydrogens is 406 g/mol. The van der Waals surface area contributed by atoms with Crippen molar-refractivity contribution in [2.45, 2.75) is 39.2 Å². The zero-order valence-electron chi connectivity index (χ0n) is 19.1. The highest BCUT2D eigenvalue weighted by Gasteiger charge is 2.45. The molecule has 0 spiro atoms. The number of likely N-dealkylation sites (tertiary alicyclic amines) is 1. The maximum atomic E-state index is 13.0. The van der Waals surface area contributed by atoms with E-state index in [1.54, 1.807) is 31.4 Å². The lowest BCUT2D eigenvalue weighted by Crippen LogP contribution is -2.32. The number of ether oxygens (including phenoxy) is 2. The molecule has 1 aliphatic heterocycles. The van der Waals surface area contributed by atoms with Crippen LogP contribution in [0.25, 0.3) is 5.76 Å². The lowest BCUT2D eigenvalue weighted by Gasteiger charge is -2.25. The number of aliphatic hydroxyl groups excluding tert-OH is 1. The highest BCUT2D eigenvalue weighted by Crippen LogP contribution is 2.39. The first kappa shape index (κ1) is 23.5. The average molecular weight is 438 g/mol. The van der Waals surface area contributed by atoms with Gasteiger partial charge in [-0.05, 0) is 35.6 Å². The Labute approximate surface area is 189 Å². The fraction of sp³-hybridized carbons (Fsp3) is 0.385. The van der Waals surface area contributed by atoms with Crippen LogP contribution in [0.5, 0.6) is 5.75 Å². The van der Waals surface area contributed by atoms with Gasteiger partial charge in [0.05, 0.1) is 24.8 Å². The first-order valence-corrected chi connectivity index (χ1v) is 11.0. The van der Waals surface area contributed by atoms with Crippen molar-refractivity contribution in [1.29, 1.82) is 0 Å². The van der Waals surface area contributed by atoms with Gasteiger partial charge in [0.25, 0.3) is 11.7 Å². The summed E-state index contributed by atoms with van der Waals surface area (Å²) < 4.78 is 10.8. The number of ketones is 1. The smallest absolute Gasteiger partial charge is 0.295 e. The Morgan fingerprint density at radius 1 is 1.09 bits per heavy atom. The summed E-state index contributed by atoms with van der Waals surface area (Å²) in [5, 5.41) is 11.2. The molecule has 1 aliphatic rings. The van der Waals surface area contributed by atoms with E-state index in [1.807, 2.05) is 31.2 Å². The van der Waals surface area contributed by atoms with Crippen molar-refractivity contribution in [3.05, 3.63) is 70.8 Å². The van der Waals surface area contributed by atoms with Crippen molar-refractivity contribution in [2.75, 3.05) is 26.9 Å². The van der Waals surface area contributed by atoms with Crippen LogP contribution in [-0.4, -0.2) is 48.6 Å². The minimum atomic E-state index is -0.698. The molecule has 1 N–H and O–H groups in total. The van der Waals surface area contributed by atoms with Gasteiger partial charge in [-0.25, -0.2) is 0 Å². The molecule has 1 saturated heterocycles. The fourth-order valence-electron chi connectivity index (χ4n) is 3.82. The number of hydrogen-bond acceptors (Lipinski definition) is 5. The van der Waals surface area contributed by atoms with Crippen LogP contribution in [0.2, 0.25) is 0 Å². The first-order valence-electron chi connectivity index (χ1n) is 11.0. The number of carbonyl (C=O) groups is 2. The Balaban J connectivity index is 2.09. The van der Waals surface area contributed by atoms with Gasteiger partial charge in [-0.15, -0.1) is 0 Å². The summed E-state index contributed by atoms with van der Waals surface area (Å²) in [7, 11) is 1.55. The number of amides is 1. The van der Waals surface area contributed by atoms with E-state index in [9.17, 15) is 14.7 Å². The standard InChI is InChI=1S/C26H31NO5/c1-5-14-32-21-8-6-7-20(16-21)24(28)22-23(19-11-9-18(10-12-19)17(2)3)27(13-15-31-4)26(30)25(22)29/h6-12,16-17,23,28H,5,13-15H2,1-4H3/b24-22-. The van der Waals surface area contributed by atoms with Crippen molar-refractivity contribution in [2.24, 2.45) is 0 Å². The number of benzene rings is 2. The van der Waals surface area contributed by atoms with Gasteiger partial charge in [-0.1, -0.05) is 57.2 Å². The molecule has 2 aromatic carbocycles. The highest BCUT2D eigenvalue weighted by molar-refractivity contribution is 6.46. The molecule has 1 amide bonds. The summed E-state index contributed by atoms with van der Waals surface area (Å²) in [4.78, 5) is 27.4. The van der Waals surface area contributed by atoms with Gasteiger partial charge < -0.3 is 19.5 Å². The minimum absolute atomic E-state index is 0.0797. The third-order valence-electron chi connectivity index (χ3n) is 5.58. The van der Waals surface area contributed by atoms with Gasteiger partial charge in [0.1, 0.15) is 11.5 Å². The third-order valence-corrected chi connectivity index (χ3v) is 5.58. The Morgan fingerprint density at radius 3 is 2.44 bits per heavy atom. The minimum Gasteiger partial charge on any atom is -0.507 e.